The smallest absolute Gasteiger partial charge is 0.326 e. The lowest BCUT2D eigenvalue weighted by atomic mass is 10.0. The predicted molar refractivity (Wildman–Crippen MR) is 102 cm³/mol. The van der Waals surface area contributed by atoms with Gasteiger partial charge in [0.2, 0.25) is 15.9 Å². The normalized spacial score (nSPS) is 16.9. The lowest BCUT2D eigenvalue weighted by Crippen LogP contribution is -2.42. The van der Waals surface area contributed by atoms with E-state index in [1.807, 2.05) is 13.8 Å². The highest BCUT2D eigenvalue weighted by molar-refractivity contribution is 7.89. The second-order valence-electron chi connectivity index (χ2n) is 7.37. The predicted octanol–water partition coefficient (Wildman–Crippen LogP) is 2.02. The number of carbonyl (C=O) groups excluding carboxylic acids is 1. The zero-order chi connectivity index (χ0) is 20.0. The van der Waals surface area contributed by atoms with E-state index < -0.39 is 27.9 Å². The van der Waals surface area contributed by atoms with Crippen LogP contribution in [0.25, 0.3) is 0 Å². The van der Waals surface area contributed by atoms with E-state index >= 15 is 0 Å². The second kappa shape index (κ2) is 9.32. The number of aliphatic carboxylic acids is 1. The fourth-order valence-electron chi connectivity index (χ4n) is 3.16. The number of carbonyl (C=O) groups is 2. The molecule has 0 aliphatic carbocycles. The maximum Gasteiger partial charge on any atom is 0.326 e. The Morgan fingerprint density at radius 1 is 1.11 bits per heavy atom. The van der Waals surface area contributed by atoms with Gasteiger partial charge in [0.1, 0.15) is 6.04 Å². The first-order valence-electron chi connectivity index (χ1n) is 9.31. The van der Waals surface area contributed by atoms with Gasteiger partial charge in [-0.05, 0) is 42.9 Å². The minimum atomic E-state index is -3.50. The molecule has 1 fully saturated rings. The summed E-state index contributed by atoms with van der Waals surface area (Å²) >= 11 is 0. The molecule has 0 aromatic heterocycles. The Morgan fingerprint density at radius 3 is 2.22 bits per heavy atom. The van der Waals surface area contributed by atoms with E-state index in [0.29, 0.717) is 25.1 Å². The monoisotopic (exact) mass is 396 g/mol. The van der Waals surface area contributed by atoms with Gasteiger partial charge in [-0.25, -0.2) is 13.2 Å². The van der Waals surface area contributed by atoms with Crippen molar-refractivity contribution in [2.24, 2.45) is 5.92 Å². The minimum Gasteiger partial charge on any atom is -0.480 e. The van der Waals surface area contributed by atoms with Crippen LogP contribution in [0.15, 0.2) is 29.2 Å². The second-order valence-corrected chi connectivity index (χ2v) is 9.31. The summed E-state index contributed by atoms with van der Waals surface area (Å²) in [6.07, 6.45) is 3.16. The minimum absolute atomic E-state index is 0.00587. The highest BCUT2D eigenvalue weighted by atomic mass is 32.2. The molecule has 1 atom stereocenters. The molecule has 8 heteroatoms. The number of sulfonamides is 1. The molecule has 27 heavy (non-hydrogen) atoms. The van der Waals surface area contributed by atoms with Crippen LogP contribution >= 0.6 is 0 Å². The van der Waals surface area contributed by atoms with Gasteiger partial charge in [-0.1, -0.05) is 32.4 Å². The molecule has 150 valence electrons. The molecule has 1 aromatic rings. The summed E-state index contributed by atoms with van der Waals surface area (Å²) in [6.45, 7) is 4.87. The van der Waals surface area contributed by atoms with Crippen molar-refractivity contribution in [3.8, 4) is 0 Å². The van der Waals surface area contributed by atoms with Crippen molar-refractivity contribution in [2.75, 3.05) is 13.1 Å². The molecule has 1 saturated heterocycles. The maximum absolute atomic E-state index is 12.6. The van der Waals surface area contributed by atoms with Crippen LogP contribution in [-0.2, 0) is 26.0 Å². The Morgan fingerprint density at radius 2 is 1.70 bits per heavy atom. The summed E-state index contributed by atoms with van der Waals surface area (Å²) in [6, 6.07) is 5.31. The third-order valence-electron chi connectivity index (χ3n) is 4.58. The third-order valence-corrected chi connectivity index (χ3v) is 6.49. The topological polar surface area (TPSA) is 104 Å². The summed E-state index contributed by atoms with van der Waals surface area (Å²) in [4.78, 5) is 23.6. The Bertz CT molecular complexity index is 753. The van der Waals surface area contributed by atoms with Gasteiger partial charge in [0, 0.05) is 13.1 Å². The quantitative estimate of drug-likeness (QED) is 0.700. The van der Waals surface area contributed by atoms with Crippen molar-refractivity contribution in [1.82, 2.24) is 9.62 Å². The number of hydrogen-bond donors (Lipinski definition) is 2. The highest BCUT2D eigenvalue weighted by Crippen LogP contribution is 2.21. The lowest BCUT2D eigenvalue weighted by molar-refractivity contribution is -0.142. The van der Waals surface area contributed by atoms with E-state index in [0.717, 1.165) is 19.3 Å². The van der Waals surface area contributed by atoms with Crippen molar-refractivity contribution < 1.29 is 23.1 Å². The molecule has 7 nitrogen and oxygen atoms in total. The van der Waals surface area contributed by atoms with Gasteiger partial charge in [0.15, 0.2) is 0 Å². The lowest BCUT2D eigenvalue weighted by Gasteiger charge is -2.25. The van der Waals surface area contributed by atoms with Crippen LogP contribution in [0.5, 0.6) is 0 Å². The van der Waals surface area contributed by atoms with E-state index in [4.69, 9.17) is 0 Å². The van der Waals surface area contributed by atoms with Crippen molar-refractivity contribution in [2.45, 2.75) is 56.9 Å². The van der Waals surface area contributed by atoms with Crippen LogP contribution in [-0.4, -0.2) is 48.8 Å². The van der Waals surface area contributed by atoms with E-state index in [-0.39, 0.29) is 17.2 Å². The van der Waals surface area contributed by atoms with Crippen molar-refractivity contribution in [3.63, 3.8) is 0 Å². The fourth-order valence-corrected chi connectivity index (χ4v) is 4.67. The Balaban J connectivity index is 2.00. The van der Waals surface area contributed by atoms with E-state index in [9.17, 15) is 23.1 Å². The molecule has 2 rings (SSSR count). The number of carboxylic acids is 1. The van der Waals surface area contributed by atoms with Crippen LogP contribution < -0.4 is 5.32 Å². The SMILES string of the molecule is CC(C)C[C@H](NC(=O)Cc1ccc(S(=O)(=O)N2CCCCC2)cc1)C(=O)O. The van der Waals surface area contributed by atoms with E-state index in [1.165, 1.54) is 16.4 Å². The Labute approximate surface area is 160 Å². The van der Waals surface area contributed by atoms with Crippen molar-refractivity contribution in [1.29, 1.82) is 0 Å². The van der Waals surface area contributed by atoms with Crippen LogP contribution in [0, 0.1) is 5.92 Å². The maximum atomic E-state index is 12.6. The summed E-state index contributed by atoms with van der Waals surface area (Å²) in [5.41, 5.74) is 0.638. The Hall–Kier alpha value is -1.93. The number of amides is 1. The molecular formula is C19H28N2O5S. The Kier molecular flexibility index (Phi) is 7.38. The molecule has 1 heterocycles. The largest absolute Gasteiger partial charge is 0.480 e. The number of nitrogens with zero attached hydrogens (tertiary/aromatic N) is 1. The molecule has 0 spiro atoms. The number of benzene rings is 1. The van der Waals surface area contributed by atoms with Crippen LogP contribution in [0.2, 0.25) is 0 Å². The fraction of sp³-hybridized carbons (Fsp3) is 0.579. The molecule has 0 saturated carbocycles. The van der Waals surface area contributed by atoms with Gasteiger partial charge >= 0.3 is 5.97 Å². The molecule has 0 radical (unpaired) electrons. The van der Waals surface area contributed by atoms with Gasteiger partial charge in [-0.3, -0.25) is 4.79 Å². The van der Waals surface area contributed by atoms with Crippen LogP contribution in [0.1, 0.15) is 45.1 Å². The van der Waals surface area contributed by atoms with Crippen LogP contribution in [0.4, 0.5) is 0 Å². The standard InChI is InChI=1S/C19H28N2O5S/c1-14(2)12-17(19(23)24)20-18(22)13-15-6-8-16(9-7-15)27(25,26)21-10-4-3-5-11-21/h6-9,14,17H,3-5,10-13H2,1-2H3,(H,20,22)(H,23,24)/t17-/m0/s1. The van der Waals surface area contributed by atoms with Gasteiger partial charge in [0.05, 0.1) is 11.3 Å². The molecule has 1 aromatic carbocycles. The third kappa shape index (κ3) is 6.04. The van der Waals surface area contributed by atoms with Crippen LogP contribution in [0.3, 0.4) is 0 Å². The number of carboxylic acid groups (broad SMARTS) is 1. The number of hydrogen-bond acceptors (Lipinski definition) is 4. The molecule has 2 N–H and O–H groups in total. The first-order valence-corrected chi connectivity index (χ1v) is 10.8. The van der Waals surface area contributed by atoms with Crippen molar-refractivity contribution in [3.05, 3.63) is 29.8 Å². The highest BCUT2D eigenvalue weighted by Gasteiger charge is 2.26. The number of piperidine rings is 1. The van der Waals surface area contributed by atoms with Gasteiger partial charge < -0.3 is 10.4 Å². The summed E-state index contributed by atoms with van der Waals surface area (Å²) < 4.78 is 26.8. The van der Waals surface area contributed by atoms with E-state index in [2.05, 4.69) is 5.32 Å². The molecular weight excluding hydrogens is 368 g/mol. The zero-order valence-electron chi connectivity index (χ0n) is 15.8. The van der Waals surface area contributed by atoms with Gasteiger partial charge in [-0.15, -0.1) is 0 Å². The number of nitrogens with one attached hydrogen (secondary N) is 1. The first kappa shape index (κ1) is 21.4. The van der Waals surface area contributed by atoms with Gasteiger partial charge in [-0.2, -0.15) is 4.31 Å². The average Bonchev–Trinajstić information content (AvgIpc) is 2.62. The molecule has 1 aliphatic rings. The average molecular weight is 397 g/mol. The molecule has 0 unspecified atom stereocenters. The molecule has 0 bridgehead atoms. The zero-order valence-corrected chi connectivity index (χ0v) is 16.7. The summed E-state index contributed by atoms with van der Waals surface area (Å²) in [7, 11) is -3.50. The summed E-state index contributed by atoms with van der Waals surface area (Å²) in [5.74, 6) is -1.31. The van der Waals surface area contributed by atoms with Crippen molar-refractivity contribution >= 4 is 21.9 Å². The van der Waals surface area contributed by atoms with Gasteiger partial charge in [0.25, 0.3) is 0 Å². The molecule has 1 amide bonds. The first-order chi connectivity index (χ1) is 12.7. The molecule has 1 aliphatic heterocycles. The number of rotatable bonds is 8. The summed E-state index contributed by atoms with van der Waals surface area (Å²) in [5, 5.41) is 11.7. The van der Waals surface area contributed by atoms with E-state index in [1.54, 1.807) is 12.1 Å².